The quantitative estimate of drug-likeness (QED) is 0.816. The zero-order valence-corrected chi connectivity index (χ0v) is 15.1. The molecule has 0 bridgehead atoms. The fourth-order valence-electron chi connectivity index (χ4n) is 2.36. The molecule has 0 spiro atoms. The van der Waals surface area contributed by atoms with Crippen molar-refractivity contribution in [3.63, 3.8) is 0 Å². The third-order valence-corrected chi connectivity index (χ3v) is 5.26. The lowest BCUT2D eigenvalue weighted by Crippen LogP contribution is -2.20. The van der Waals surface area contributed by atoms with Crippen molar-refractivity contribution < 1.29 is 4.79 Å². The monoisotopic (exact) mass is 372 g/mol. The van der Waals surface area contributed by atoms with Gasteiger partial charge in [0, 0.05) is 0 Å². The summed E-state index contributed by atoms with van der Waals surface area (Å²) >= 11 is 9.59. The van der Waals surface area contributed by atoms with Crippen LogP contribution in [0.2, 0.25) is 5.02 Å². The summed E-state index contributed by atoms with van der Waals surface area (Å²) < 4.78 is 4.23. The third kappa shape index (κ3) is 2.92. The second-order valence-corrected chi connectivity index (χ2v) is 6.44. The predicted octanol–water partition coefficient (Wildman–Crippen LogP) is 4.02. The van der Waals surface area contributed by atoms with Gasteiger partial charge in [0.05, 0.1) is 44.7 Å². The molecule has 0 aromatic carbocycles. The number of aryl methyl sites for hydroxylation is 2. The highest BCUT2D eigenvalue weighted by Crippen LogP contribution is 2.25. The molecule has 0 amide bonds. The molecule has 0 saturated carbocycles. The minimum absolute atomic E-state index is 0.0508. The van der Waals surface area contributed by atoms with E-state index in [1.165, 1.54) is 4.68 Å². The summed E-state index contributed by atoms with van der Waals surface area (Å²) in [6.07, 6.45) is 0.312. The van der Waals surface area contributed by atoms with Crippen molar-refractivity contribution in [3.05, 3.63) is 32.3 Å². The van der Waals surface area contributed by atoms with E-state index in [0.717, 1.165) is 15.9 Å². The van der Waals surface area contributed by atoms with Crippen molar-refractivity contribution in [2.75, 3.05) is 0 Å². The second kappa shape index (κ2) is 5.93. The van der Waals surface area contributed by atoms with Crippen LogP contribution in [0.1, 0.15) is 47.0 Å². The second-order valence-electron chi connectivity index (χ2n) is 5.27. The molecule has 5 nitrogen and oxygen atoms in total. The highest BCUT2D eigenvalue weighted by atomic mass is 79.9. The minimum Gasteiger partial charge on any atom is -0.272 e. The minimum atomic E-state index is -0.0846. The fourth-order valence-corrected chi connectivity index (χ4v) is 2.74. The molecule has 2 heterocycles. The van der Waals surface area contributed by atoms with Gasteiger partial charge in [-0.05, 0) is 50.5 Å². The Morgan fingerprint density at radius 3 is 2.24 bits per heavy atom. The van der Waals surface area contributed by atoms with E-state index in [9.17, 15) is 4.79 Å². The fraction of sp³-hybridized carbons (Fsp3) is 0.500. The number of nitrogens with zero attached hydrogens (tertiary/aromatic N) is 4. The zero-order chi connectivity index (χ0) is 15.9. The Labute approximate surface area is 137 Å². The van der Waals surface area contributed by atoms with Gasteiger partial charge in [-0.15, -0.1) is 0 Å². The number of carbonyl (C=O) groups excluding carboxylic acids is 1. The Bertz CT molecular complexity index is 704. The number of rotatable bonds is 3. The van der Waals surface area contributed by atoms with Gasteiger partial charge in [0.2, 0.25) is 5.91 Å². The maximum atomic E-state index is 12.4. The van der Waals surface area contributed by atoms with E-state index in [4.69, 9.17) is 11.6 Å². The Hall–Kier alpha value is -1.14. The zero-order valence-electron chi connectivity index (χ0n) is 12.7. The van der Waals surface area contributed by atoms with Gasteiger partial charge in [-0.2, -0.15) is 10.2 Å². The third-order valence-electron chi connectivity index (χ3n) is 3.56. The molecule has 0 radical (unpaired) electrons. The molecule has 0 unspecified atom stereocenters. The van der Waals surface area contributed by atoms with Crippen LogP contribution < -0.4 is 0 Å². The van der Waals surface area contributed by atoms with Crippen molar-refractivity contribution in [1.82, 2.24) is 19.6 Å². The van der Waals surface area contributed by atoms with Gasteiger partial charge in [-0.1, -0.05) is 11.6 Å². The maximum Gasteiger partial charge on any atom is 0.249 e. The molecule has 2 aromatic rings. The predicted molar refractivity (Wildman–Crippen MR) is 86.1 cm³/mol. The van der Waals surface area contributed by atoms with Crippen LogP contribution in [0.25, 0.3) is 0 Å². The first-order valence-corrected chi connectivity index (χ1v) is 7.87. The summed E-state index contributed by atoms with van der Waals surface area (Å²) in [4.78, 5) is 12.4. The number of carbonyl (C=O) groups is 1. The molecule has 0 aliphatic heterocycles. The molecule has 114 valence electrons. The van der Waals surface area contributed by atoms with Crippen molar-refractivity contribution in [2.45, 2.75) is 47.1 Å². The normalized spacial score (nSPS) is 12.7. The van der Waals surface area contributed by atoms with Crippen molar-refractivity contribution >= 4 is 33.4 Å². The van der Waals surface area contributed by atoms with Crippen LogP contribution in [0.5, 0.6) is 0 Å². The van der Waals surface area contributed by atoms with E-state index in [1.807, 2.05) is 25.5 Å². The van der Waals surface area contributed by atoms with E-state index in [0.29, 0.717) is 22.8 Å². The van der Waals surface area contributed by atoms with E-state index < -0.39 is 0 Å². The Kier molecular flexibility index (Phi) is 4.58. The lowest BCUT2D eigenvalue weighted by atomic mass is 10.2. The number of halogens is 2. The molecule has 2 aromatic heterocycles. The van der Waals surface area contributed by atoms with E-state index >= 15 is 0 Å². The molecular formula is C14H18BrClN4O. The highest BCUT2D eigenvalue weighted by Gasteiger charge is 2.20. The number of hydrogen-bond acceptors (Lipinski definition) is 3. The van der Waals surface area contributed by atoms with Crippen molar-refractivity contribution in [1.29, 1.82) is 0 Å². The summed E-state index contributed by atoms with van der Waals surface area (Å²) in [6.45, 7) is 9.47. The molecule has 1 atom stereocenters. The Morgan fingerprint density at radius 2 is 1.81 bits per heavy atom. The number of hydrogen-bond donors (Lipinski definition) is 0. The topological polar surface area (TPSA) is 52.7 Å². The SMILES string of the molecule is Cc1nn(C(=O)C[C@@H](C)n2nc(C)c(Br)c2C)c(C)c1Cl. The van der Waals surface area contributed by atoms with Gasteiger partial charge in [0.15, 0.2) is 0 Å². The summed E-state index contributed by atoms with van der Waals surface area (Å²) in [7, 11) is 0. The molecule has 7 heteroatoms. The van der Waals surface area contributed by atoms with Gasteiger partial charge >= 0.3 is 0 Å². The highest BCUT2D eigenvalue weighted by molar-refractivity contribution is 9.10. The van der Waals surface area contributed by atoms with Gasteiger partial charge in [0.1, 0.15) is 0 Å². The van der Waals surface area contributed by atoms with Crippen LogP contribution in [0.4, 0.5) is 0 Å². The Morgan fingerprint density at radius 1 is 1.19 bits per heavy atom. The van der Waals surface area contributed by atoms with Gasteiger partial charge in [-0.3, -0.25) is 9.48 Å². The molecule has 0 N–H and O–H groups in total. The van der Waals surface area contributed by atoms with Crippen LogP contribution in [0.15, 0.2) is 4.47 Å². The molecule has 0 aliphatic rings. The van der Waals surface area contributed by atoms with Crippen LogP contribution >= 0.6 is 27.5 Å². The maximum absolute atomic E-state index is 12.4. The summed E-state index contributed by atoms with van der Waals surface area (Å²) in [5.74, 6) is -0.0846. The summed E-state index contributed by atoms with van der Waals surface area (Å²) in [6, 6.07) is -0.0508. The lowest BCUT2D eigenvalue weighted by Gasteiger charge is -2.14. The van der Waals surface area contributed by atoms with Crippen LogP contribution in [0, 0.1) is 27.7 Å². The van der Waals surface area contributed by atoms with E-state index in [1.54, 1.807) is 13.8 Å². The van der Waals surface area contributed by atoms with E-state index in [2.05, 4.69) is 26.1 Å². The smallest absolute Gasteiger partial charge is 0.249 e. The molecule has 2 rings (SSSR count). The van der Waals surface area contributed by atoms with Gasteiger partial charge in [0.25, 0.3) is 0 Å². The molecule has 0 aliphatic carbocycles. The lowest BCUT2D eigenvalue weighted by molar-refractivity contribution is 0.0863. The molecule has 0 fully saturated rings. The average Bonchev–Trinajstić information content (AvgIpc) is 2.84. The first kappa shape index (κ1) is 16.2. The largest absolute Gasteiger partial charge is 0.272 e. The standard InChI is InChI=1S/C14H18BrClN4O/c1-7(19-10(4)13(15)8(2)17-19)6-12(21)20-11(5)14(16)9(3)18-20/h7H,6H2,1-5H3/t7-/m1/s1. The van der Waals surface area contributed by atoms with Crippen molar-refractivity contribution in [3.8, 4) is 0 Å². The summed E-state index contributed by atoms with van der Waals surface area (Å²) in [5, 5.41) is 9.21. The molecular weight excluding hydrogens is 356 g/mol. The first-order chi connectivity index (χ1) is 9.73. The van der Waals surface area contributed by atoms with Crippen LogP contribution in [-0.2, 0) is 0 Å². The molecule has 0 saturated heterocycles. The van der Waals surface area contributed by atoms with Gasteiger partial charge < -0.3 is 0 Å². The average molecular weight is 374 g/mol. The Balaban J connectivity index is 2.22. The van der Waals surface area contributed by atoms with Crippen LogP contribution in [0.3, 0.4) is 0 Å². The van der Waals surface area contributed by atoms with Gasteiger partial charge in [-0.25, -0.2) is 4.68 Å². The molecule has 21 heavy (non-hydrogen) atoms. The van der Waals surface area contributed by atoms with Crippen molar-refractivity contribution in [2.24, 2.45) is 0 Å². The number of aromatic nitrogens is 4. The summed E-state index contributed by atoms with van der Waals surface area (Å²) in [5.41, 5.74) is 3.28. The first-order valence-electron chi connectivity index (χ1n) is 6.70. The van der Waals surface area contributed by atoms with E-state index in [-0.39, 0.29) is 11.9 Å². The van der Waals surface area contributed by atoms with Crippen LogP contribution in [-0.4, -0.2) is 25.5 Å².